The number of anilines is 1. The van der Waals surface area contributed by atoms with E-state index in [2.05, 4.69) is 26.3 Å². The number of aryl methyl sites for hydroxylation is 2. The molecule has 0 saturated heterocycles. The van der Waals surface area contributed by atoms with Gasteiger partial charge >= 0.3 is 0 Å². The third-order valence-electron chi connectivity index (χ3n) is 4.93. The Morgan fingerprint density at radius 2 is 1.90 bits per heavy atom. The van der Waals surface area contributed by atoms with Gasteiger partial charge in [0.25, 0.3) is 5.91 Å². The Hall–Kier alpha value is -2.16. The molecule has 6 nitrogen and oxygen atoms in total. The molecule has 9 heteroatoms. The van der Waals surface area contributed by atoms with Gasteiger partial charge in [0.05, 0.1) is 33.5 Å². The molecule has 4 rings (SSSR count). The molecule has 0 bridgehead atoms. The standard InChI is InChI=1S/C20H17BrClN3O3S/c1-11-3-5-14(7-12(11)2)25-19(16-9-29(27,28)10-18(16)24-25)23-20(26)15-8-13(21)4-6-17(15)22/h3-8H,9-10H2,1-2H3,(H,23,26). The van der Waals surface area contributed by atoms with Crippen molar-refractivity contribution in [3.8, 4) is 5.69 Å². The number of rotatable bonds is 3. The minimum absolute atomic E-state index is 0.138. The highest BCUT2D eigenvalue weighted by molar-refractivity contribution is 9.10. The molecule has 1 N–H and O–H groups in total. The molecular formula is C20H17BrClN3O3S. The Bertz CT molecular complexity index is 1270. The fraction of sp³-hybridized carbons (Fsp3) is 0.200. The van der Waals surface area contributed by atoms with Gasteiger partial charge in [0.2, 0.25) is 0 Å². The van der Waals surface area contributed by atoms with Gasteiger partial charge in [0, 0.05) is 10.0 Å². The summed E-state index contributed by atoms with van der Waals surface area (Å²) in [5, 5.41) is 7.63. The maximum absolute atomic E-state index is 12.9. The first-order valence-corrected chi connectivity index (χ1v) is 11.8. The Labute approximate surface area is 181 Å². The maximum Gasteiger partial charge on any atom is 0.258 e. The minimum Gasteiger partial charge on any atom is -0.306 e. The second-order valence-corrected chi connectivity index (χ2v) is 10.5. The van der Waals surface area contributed by atoms with Crippen LogP contribution in [0.5, 0.6) is 0 Å². The zero-order valence-corrected chi connectivity index (χ0v) is 18.8. The number of hydrogen-bond acceptors (Lipinski definition) is 4. The number of halogens is 2. The predicted molar refractivity (Wildman–Crippen MR) is 116 cm³/mol. The van der Waals surface area contributed by atoms with Gasteiger partial charge in [-0.1, -0.05) is 33.6 Å². The average molecular weight is 495 g/mol. The van der Waals surface area contributed by atoms with Crippen molar-refractivity contribution in [2.45, 2.75) is 25.4 Å². The number of carbonyl (C=O) groups is 1. The number of hydrogen-bond donors (Lipinski definition) is 1. The monoisotopic (exact) mass is 493 g/mol. The van der Waals surface area contributed by atoms with Crippen LogP contribution >= 0.6 is 27.5 Å². The van der Waals surface area contributed by atoms with Crippen LogP contribution in [0.15, 0.2) is 40.9 Å². The fourth-order valence-corrected chi connectivity index (χ4v) is 5.32. The summed E-state index contributed by atoms with van der Waals surface area (Å²) < 4.78 is 26.5. The van der Waals surface area contributed by atoms with E-state index >= 15 is 0 Å². The SMILES string of the molecule is Cc1ccc(-n2nc3c(c2NC(=O)c2cc(Br)ccc2Cl)CS(=O)(=O)C3)cc1C. The first-order chi connectivity index (χ1) is 13.6. The van der Waals surface area contributed by atoms with Crippen molar-refractivity contribution in [1.82, 2.24) is 9.78 Å². The predicted octanol–water partition coefficient (Wildman–Crippen LogP) is 4.59. The largest absolute Gasteiger partial charge is 0.306 e. The lowest BCUT2D eigenvalue weighted by Gasteiger charge is -2.13. The van der Waals surface area contributed by atoms with Crippen molar-refractivity contribution in [3.05, 3.63) is 73.8 Å². The van der Waals surface area contributed by atoms with E-state index in [1.54, 1.807) is 22.9 Å². The molecule has 150 valence electrons. The van der Waals surface area contributed by atoms with Crippen molar-refractivity contribution in [1.29, 1.82) is 0 Å². The molecule has 29 heavy (non-hydrogen) atoms. The van der Waals surface area contributed by atoms with Crippen LogP contribution in [0.1, 0.15) is 32.7 Å². The van der Waals surface area contributed by atoms with E-state index < -0.39 is 15.7 Å². The summed E-state index contributed by atoms with van der Waals surface area (Å²) in [6.07, 6.45) is 0. The number of carbonyl (C=O) groups excluding carboxylic acids is 1. The van der Waals surface area contributed by atoms with Crippen LogP contribution in [0, 0.1) is 13.8 Å². The summed E-state index contributed by atoms with van der Waals surface area (Å²) in [5.41, 5.74) is 4.20. The number of nitrogens with one attached hydrogen (secondary N) is 1. The molecule has 0 spiro atoms. The highest BCUT2D eigenvalue weighted by atomic mass is 79.9. The molecule has 0 aliphatic carbocycles. The fourth-order valence-electron chi connectivity index (χ4n) is 3.26. The highest BCUT2D eigenvalue weighted by Crippen LogP contribution is 2.34. The lowest BCUT2D eigenvalue weighted by atomic mass is 10.1. The molecule has 1 amide bonds. The van der Waals surface area contributed by atoms with E-state index in [1.807, 2.05) is 32.0 Å². The summed E-state index contributed by atoms with van der Waals surface area (Å²) in [6.45, 7) is 3.99. The molecule has 3 aromatic rings. The Balaban J connectivity index is 1.82. The Morgan fingerprint density at radius 3 is 2.62 bits per heavy atom. The molecule has 0 saturated carbocycles. The molecule has 1 aromatic heterocycles. The average Bonchev–Trinajstić information content (AvgIpc) is 3.12. The van der Waals surface area contributed by atoms with E-state index in [1.165, 1.54) is 0 Å². The molecule has 0 atom stereocenters. The van der Waals surface area contributed by atoms with Crippen molar-refractivity contribution >= 4 is 49.1 Å². The van der Waals surface area contributed by atoms with E-state index in [-0.39, 0.29) is 17.1 Å². The number of nitrogens with zero attached hydrogens (tertiary/aromatic N) is 2. The van der Waals surface area contributed by atoms with Crippen LogP contribution in [0.25, 0.3) is 5.69 Å². The van der Waals surface area contributed by atoms with Gasteiger partial charge in [-0.3, -0.25) is 4.79 Å². The van der Waals surface area contributed by atoms with Crippen molar-refractivity contribution < 1.29 is 13.2 Å². The Kier molecular flexibility index (Phi) is 5.04. The lowest BCUT2D eigenvalue weighted by Crippen LogP contribution is -2.17. The molecular weight excluding hydrogens is 478 g/mol. The smallest absolute Gasteiger partial charge is 0.258 e. The van der Waals surface area contributed by atoms with Gasteiger partial charge < -0.3 is 5.32 Å². The molecule has 0 unspecified atom stereocenters. The van der Waals surface area contributed by atoms with Crippen LogP contribution < -0.4 is 5.32 Å². The molecule has 0 fully saturated rings. The summed E-state index contributed by atoms with van der Waals surface area (Å²) >= 11 is 9.53. The van der Waals surface area contributed by atoms with Gasteiger partial charge in [-0.05, 0) is 55.3 Å². The third kappa shape index (κ3) is 3.84. The minimum atomic E-state index is -3.27. The number of fused-ring (bicyclic) bond motifs is 1. The van der Waals surface area contributed by atoms with Crippen LogP contribution in [-0.4, -0.2) is 24.1 Å². The van der Waals surface area contributed by atoms with Gasteiger partial charge in [0.1, 0.15) is 5.82 Å². The van der Waals surface area contributed by atoms with Crippen molar-refractivity contribution in [2.24, 2.45) is 0 Å². The third-order valence-corrected chi connectivity index (χ3v) is 7.19. The zero-order valence-electron chi connectivity index (χ0n) is 15.7. The molecule has 1 aliphatic rings. The number of benzene rings is 2. The first-order valence-electron chi connectivity index (χ1n) is 8.80. The molecule has 2 aromatic carbocycles. The topological polar surface area (TPSA) is 81.1 Å². The van der Waals surface area contributed by atoms with Crippen molar-refractivity contribution in [2.75, 3.05) is 5.32 Å². The van der Waals surface area contributed by atoms with E-state index in [0.29, 0.717) is 26.6 Å². The molecule has 2 heterocycles. The lowest BCUT2D eigenvalue weighted by molar-refractivity contribution is 0.102. The van der Waals surface area contributed by atoms with E-state index in [9.17, 15) is 13.2 Å². The number of aromatic nitrogens is 2. The zero-order chi connectivity index (χ0) is 20.9. The quantitative estimate of drug-likeness (QED) is 0.578. The van der Waals surface area contributed by atoms with E-state index in [0.717, 1.165) is 16.8 Å². The summed E-state index contributed by atoms with van der Waals surface area (Å²) in [4.78, 5) is 12.9. The van der Waals surface area contributed by atoms with Crippen LogP contribution in [-0.2, 0) is 21.3 Å². The van der Waals surface area contributed by atoms with Crippen LogP contribution in [0.3, 0.4) is 0 Å². The Morgan fingerprint density at radius 1 is 1.14 bits per heavy atom. The van der Waals surface area contributed by atoms with Gasteiger partial charge in [-0.15, -0.1) is 0 Å². The van der Waals surface area contributed by atoms with Gasteiger partial charge in [0.15, 0.2) is 9.84 Å². The molecule has 1 aliphatic heterocycles. The maximum atomic E-state index is 12.9. The summed E-state index contributed by atoms with van der Waals surface area (Å²) in [5.74, 6) is -0.380. The number of amides is 1. The van der Waals surface area contributed by atoms with Gasteiger partial charge in [-0.2, -0.15) is 5.10 Å². The van der Waals surface area contributed by atoms with Gasteiger partial charge in [-0.25, -0.2) is 13.1 Å². The van der Waals surface area contributed by atoms with Crippen LogP contribution in [0.2, 0.25) is 5.02 Å². The summed E-state index contributed by atoms with van der Waals surface area (Å²) in [7, 11) is -3.27. The van der Waals surface area contributed by atoms with E-state index in [4.69, 9.17) is 11.6 Å². The van der Waals surface area contributed by atoms with Crippen molar-refractivity contribution in [3.63, 3.8) is 0 Å². The molecule has 0 radical (unpaired) electrons. The first kappa shape index (κ1) is 20.1. The number of sulfone groups is 1. The second-order valence-electron chi connectivity index (χ2n) is 7.06. The highest BCUT2D eigenvalue weighted by Gasteiger charge is 2.33. The normalized spacial score (nSPS) is 14.6. The van der Waals surface area contributed by atoms with Crippen LogP contribution in [0.4, 0.5) is 5.82 Å². The second kappa shape index (κ2) is 7.27. The summed E-state index contributed by atoms with van der Waals surface area (Å²) in [6, 6.07) is 10.8.